The molecule has 0 atom stereocenters. The molecular weight excluding hydrogens is 382 g/mol. The lowest BCUT2D eigenvalue weighted by Gasteiger charge is -2.19. The van der Waals surface area contributed by atoms with E-state index in [4.69, 9.17) is 4.74 Å². The third kappa shape index (κ3) is 3.08. The van der Waals surface area contributed by atoms with Gasteiger partial charge in [0.15, 0.2) is 12.4 Å². The smallest absolute Gasteiger partial charge is 0.348 e. The maximum absolute atomic E-state index is 14.6. The second-order valence-electron chi connectivity index (χ2n) is 6.10. The largest absolute Gasteiger partial charge is 0.473 e. The van der Waals surface area contributed by atoms with Crippen molar-refractivity contribution in [2.45, 2.75) is 25.7 Å². The average molecular weight is 396 g/mol. The van der Waals surface area contributed by atoms with Gasteiger partial charge in [-0.3, -0.25) is 19.7 Å². The summed E-state index contributed by atoms with van der Waals surface area (Å²) in [6.07, 6.45) is 1.92. The molecule has 0 spiro atoms. The normalized spacial score (nSPS) is 16.3. The number of rotatable bonds is 5. The molecule has 0 N–H and O–H groups in total. The Morgan fingerprint density at radius 2 is 1.75 bits per heavy atom. The molecule has 0 unspecified atom stereocenters. The number of anilines is 1. The number of hydrogen-bond donors (Lipinski definition) is 0. The van der Waals surface area contributed by atoms with Crippen molar-refractivity contribution in [2.75, 3.05) is 18.6 Å². The number of hydrogen-bond acceptors (Lipinski definition) is 7. The Labute approximate surface area is 156 Å². The second kappa shape index (κ2) is 7.33. The molecule has 2 aliphatic rings. The lowest BCUT2D eigenvalue weighted by molar-refractivity contribution is -0.388. The summed E-state index contributed by atoms with van der Waals surface area (Å²) in [6.45, 7) is -0.920. The summed E-state index contributed by atoms with van der Waals surface area (Å²) in [4.78, 5) is 47.2. The summed E-state index contributed by atoms with van der Waals surface area (Å²) in [5.41, 5.74) is -1.81. The van der Waals surface area contributed by atoms with Gasteiger partial charge >= 0.3 is 11.7 Å². The first-order valence-electron chi connectivity index (χ1n) is 8.24. The molecule has 11 heteroatoms. The van der Waals surface area contributed by atoms with Crippen molar-refractivity contribution in [1.82, 2.24) is 0 Å². The molecule has 1 heterocycles. The highest BCUT2D eigenvalue weighted by atomic mass is 19.1. The van der Waals surface area contributed by atoms with Crippen LogP contribution in [0.3, 0.4) is 0 Å². The fraction of sp³-hybridized carbons (Fsp3) is 0.353. The van der Waals surface area contributed by atoms with E-state index in [1.54, 1.807) is 0 Å². The monoisotopic (exact) mass is 396 g/mol. The number of nitro groups is 1. The third-order valence-electron chi connectivity index (χ3n) is 4.49. The van der Waals surface area contributed by atoms with Crippen LogP contribution in [0, 0.1) is 21.7 Å². The average Bonchev–Trinajstić information content (AvgIpc) is 2.90. The highest BCUT2D eigenvalue weighted by molar-refractivity contribution is 6.33. The van der Waals surface area contributed by atoms with Crippen LogP contribution in [0.25, 0.3) is 0 Å². The number of methoxy groups -OCH3 is 1. The van der Waals surface area contributed by atoms with E-state index in [2.05, 4.69) is 4.74 Å². The number of nitrogens with zero attached hydrogens (tertiary/aromatic N) is 2. The summed E-state index contributed by atoms with van der Waals surface area (Å²) in [5, 5.41) is 11.3. The van der Waals surface area contributed by atoms with Crippen LogP contribution in [0.2, 0.25) is 0 Å². The molecule has 0 bridgehead atoms. The first-order valence-corrected chi connectivity index (χ1v) is 8.24. The van der Waals surface area contributed by atoms with Gasteiger partial charge in [0, 0.05) is 17.2 Å². The first kappa shape index (κ1) is 19.4. The minimum atomic E-state index is -1.58. The van der Waals surface area contributed by atoms with Crippen LogP contribution in [0.5, 0.6) is 5.75 Å². The SMILES string of the molecule is COC(=O)COc1c(N2C(=O)C3=C(CCCC3)C2=O)c(F)cc(F)c1[N+](=O)[O-]. The molecule has 1 aliphatic heterocycles. The summed E-state index contributed by atoms with van der Waals surface area (Å²) >= 11 is 0. The van der Waals surface area contributed by atoms with E-state index in [9.17, 15) is 33.3 Å². The standard InChI is InChI=1S/C17H14F2N2O7/c1-27-12(22)7-28-15-13(10(18)6-11(19)14(15)21(25)26)20-16(23)8-4-2-3-5-9(8)17(20)24/h6H,2-5,7H2,1H3. The van der Waals surface area contributed by atoms with Crippen LogP contribution < -0.4 is 9.64 Å². The maximum Gasteiger partial charge on any atom is 0.348 e. The van der Waals surface area contributed by atoms with E-state index in [1.165, 1.54) is 0 Å². The minimum absolute atomic E-state index is 0.191. The molecule has 148 valence electrons. The number of carbonyl (C=O) groups is 3. The van der Waals surface area contributed by atoms with Crippen molar-refractivity contribution < 1.29 is 37.6 Å². The van der Waals surface area contributed by atoms with Gasteiger partial charge in [-0.15, -0.1) is 0 Å². The van der Waals surface area contributed by atoms with Crippen molar-refractivity contribution >= 4 is 29.2 Å². The van der Waals surface area contributed by atoms with E-state index in [0.29, 0.717) is 30.6 Å². The van der Waals surface area contributed by atoms with Crippen LogP contribution >= 0.6 is 0 Å². The summed E-state index contributed by atoms with van der Waals surface area (Å²) in [5.74, 6) is -6.70. The van der Waals surface area contributed by atoms with E-state index in [0.717, 1.165) is 7.11 Å². The van der Waals surface area contributed by atoms with Gasteiger partial charge in [0.05, 0.1) is 12.0 Å². The first-order chi connectivity index (χ1) is 13.3. The zero-order chi connectivity index (χ0) is 20.6. The van der Waals surface area contributed by atoms with Crippen molar-refractivity contribution in [3.8, 4) is 5.75 Å². The number of nitro benzene ring substituents is 1. The van der Waals surface area contributed by atoms with Gasteiger partial charge in [0.1, 0.15) is 5.69 Å². The minimum Gasteiger partial charge on any atom is -0.473 e. The highest BCUT2D eigenvalue weighted by Crippen LogP contribution is 2.45. The molecular formula is C17H14F2N2O7. The van der Waals surface area contributed by atoms with Gasteiger partial charge in [0.2, 0.25) is 11.6 Å². The second-order valence-corrected chi connectivity index (χ2v) is 6.10. The number of ether oxygens (including phenoxy) is 2. The molecule has 0 radical (unpaired) electrons. The molecule has 3 rings (SSSR count). The third-order valence-corrected chi connectivity index (χ3v) is 4.49. The fourth-order valence-corrected chi connectivity index (χ4v) is 3.22. The molecule has 0 saturated carbocycles. The van der Waals surface area contributed by atoms with E-state index < -0.39 is 58.1 Å². The van der Waals surface area contributed by atoms with Crippen LogP contribution in [-0.4, -0.2) is 36.4 Å². The van der Waals surface area contributed by atoms with Crippen LogP contribution in [0.4, 0.5) is 20.2 Å². The van der Waals surface area contributed by atoms with Crippen molar-refractivity contribution in [3.63, 3.8) is 0 Å². The molecule has 2 amide bonds. The van der Waals surface area contributed by atoms with Gasteiger partial charge in [0.25, 0.3) is 11.8 Å². The van der Waals surface area contributed by atoms with Gasteiger partial charge < -0.3 is 9.47 Å². The van der Waals surface area contributed by atoms with Crippen LogP contribution in [0.1, 0.15) is 25.7 Å². The molecule has 0 saturated heterocycles. The molecule has 1 aliphatic carbocycles. The van der Waals surface area contributed by atoms with Gasteiger partial charge in [-0.1, -0.05) is 0 Å². The van der Waals surface area contributed by atoms with Crippen molar-refractivity contribution in [1.29, 1.82) is 0 Å². The van der Waals surface area contributed by atoms with Crippen LogP contribution in [0.15, 0.2) is 17.2 Å². The summed E-state index contributed by atoms with van der Waals surface area (Å²) < 4.78 is 37.9. The predicted octanol–water partition coefficient (Wildman–Crippen LogP) is 2.17. The molecule has 9 nitrogen and oxygen atoms in total. The quantitative estimate of drug-likeness (QED) is 0.324. The maximum atomic E-state index is 14.6. The molecule has 1 aromatic carbocycles. The zero-order valence-electron chi connectivity index (χ0n) is 14.6. The Bertz CT molecular complexity index is 914. The Morgan fingerprint density at radius 1 is 1.18 bits per heavy atom. The molecule has 1 aromatic rings. The van der Waals surface area contributed by atoms with E-state index >= 15 is 0 Å². The van der Waals surface area contributed by atoms with Crippen molar-refractivity contribution in [3.05, 3.63) is 39.0 Å². The van der Waals surface area contributed by atoms with Gasteiger partial charge in [-0.05, 0) is 25.7 Å². The van der Waals surface area contributed by atoms with E-state index in [1.807, 2.05) is 0 Å². The lowest BCUT2D eigenvalue weighted by atomic mass is 9.93. The zero-order valence-corrected chi connectivity index (χ0v) is 14.6. The Hall–Kier alpha value is -3.37. The summed E-state index contributed by atoms with van der Waals surface area (Å²) in [6, 6.07) is 0.191. The molecule has 0 fully saturated rings. The number of carbonyl (C=O) groups excluding carboxylic acids is 3. The Balaban J connectivity index is 2.16. The van der Waals surface area contributed by atoms with E-state index in [-0.39, 0.29) is 17.2 Å². The number of amides is 2. The Morgan fingerprint density at radius 3 is 2.25 bits per heavy atom. The van der Waals surface area contributed by atoms with Crippen molar-refractivity contribution in [2.24, 2.45) is 0 Å². The lowest BCUT2D eigenvalue weighted by Crippen LogP contribution is -2.33. The number of benzene rings is 1. The van der Waals surface area contributed by atoms with Gasteiger partial charge in [-0.2, -0.15) is 4.39 Å². The number of imide groups is 1. The fourth-order valence-electron chi connectivity index (χ4n) is 3.22. The topological polar surface area (TPSA) is 116 Å². The summed E-state index contributed by atoms with van der Waals surface area (Å²) in [7, 11) is 1.01. The number of esters is 1. The predicted molar refractivity (Wildman–Crippen MR) is 88.5 cm³/mol. The highest BCUT2D eigenvalue weighted by Gasteiger charge is 2.44. The number of halogens is 2. The van der Waals surface area contributed by atoms with Gasteiger partial charge in [-0.25, -0.2) is 14.1 Å². The Kier molecular flexibility index (Phi) is 5.08. The molecule has 28 heavy (non-hydrogen) atoms. The van der Waals surface area contributed by atoms with Crippen LogP contribution in [-0.2, 0) is 19.1 Å². The molecule has 0 aromatic heterocycles.